The number of amides is 1. The van der Waals surface area contributed by atoms with Crippen molar-refractivity contribution in [3.05, 3.63) is 0 Å². The highest BCUT2D eigenvalue weighted by atomic mass is 16.5. The molecule has 80 valence electrons. The number of nitrogens with zero attached hydrogens (tertiary/aromatic N) is 1. The van der Waals surface area contributed by atoms with Gasteiger partial charge in [-0.25, -0.2) is 0 Å². The maximum atomic E-state index is 11.2. The molecule has 0 radical (unpaired) electrons. The molecule has 0 aliphatic carbocycles. The van der Waals surface area contributed by atoms with E-state index in [1.807, 2.05) is 0 Å². The van der Waals surface area contributed by atoms with Crippen molar-refractivity contribution in [2.75, 3.05) is 13.2 Å². The molecule has 1 aliphatic rings. The second-order valence-electron chi connectivity index (χ2n) is 3.21. The fraction of sp³-hybridized carbons (Fsp3) is 0.750. The highest BCUT2D eigenvalue weighted by Crippen LogP contribution is 2.14. The third-order valence-electron chi connectivity index (χ3n) is 2.03. The smallest absolute Gasteiger partial charge is 0.222 e. The molecule has 1 unspecified atom stereocenters. The Hall–Kier alpha value is -1.30. The van der Waals surface area contributed by atoms with Crippen LogP contribution in [-0.2, 0) is 9.53 Å². The number of carbonyl (C=O) groups excluding carboxylic acids is 1. The van der Waals surface area contributed by atoms with Gasteiger partial charge in [-0.3, -0.25) is 4.79 Å². The van der Waals surface area contributed by atoms with E-state index in [0.29, 0.717) is 6.42 Å². The van der Waals surface area contributed by atoms with Crippen LogP contribution >= 0.6 is 0 Å². The van der Waals surface area contributed by atoms with Crippen LogP contribution < -0.4 is 11.1 Å². The van der Waals surface area contributed by atoms with Crippen LogP contribution in [0.4, 0.5) is 0 Å². The minimum absolute atomic E-state index is 0.00862. The van der Waals surface area contributed by atoms with Crippen LogP contribution in [0.1, 0.15) is 19.3 Å². The van der Waals surface area contributed by atoms with Gasteiger partial charge >= 0.3 is 0 Å². The van der Waals surface area contributed by atoms with Crippen molar-refractivity contribution in [1.82, 2.24) is 5.32 Å². The summed E-state index contributed by atoms with van der Waals surface area (Å²) >= 11 is 0. The van der Waals surface area contributed by atoms with Gasteiger partial charge in [-0.05, 0) is 12.8 Å². The zero-order chi connectivity index (χ0) is 10.4. The Balaban J connectivity index is 2.15. The minimum atomic E-state index is -0.136. The monoisotopic (exact) mass is 201 g/mol. The average Bonchev–Trinajstić information content (AvgIpc) is 2.66. The highest BCUT2D eigenvalue weighted by Gasteiger charge is 2.18. The summed E-state index contributed by atoms with van der Waals surface area (Å²) in [6, 6.07) is 0. The lowest BCUT2D eigenvalue weighted by Crippen LogP contribution is -2.35. The lowest BCUT2D eigenvalue weighted by Gasteiger charge is -2.08. The van der Waals surface area contributed by atoms with Gasteiger partial charge in [0, 0.05) is 6.61 Å². The van der Waals surface area contributed by atoms with Gasteiger partial charge in [-0.1, -0.05) is 5.16 Å². The Kier molecular flexibility index (Phi) is 4.18. The number of amidine groups is 1. The molecule has 0 aromatic heterocycles. The molecule has 14 heavy (non-hydrogen) atoms. The van der Waals surface area contributed by atoms with Crippen LogP contribution in [0.5, 0.6) is 0 Å². The maximum Gasteiger partial charge on any atom is 0.222 e. The van der Waals surface area contributed by atoms with E-state index in [1.54, 1.807) is 0 Å². The summed E-state index contributed by atoms with van der Waals surface area (Å²) < 4.78 is 5.29. The summed E-state index contributed by atoms with van der Waals surface area (Å²) in [5.74, 6) is -0.144. The van der Waals surface area contributed by atoms with Gasteiger partial charge in [0.05, 0.1) is 19.1 Å². The summed E-state index contributed by atoms with van der Waals surface area (Å²) in [6.07, 6.45) is 2.32. The maximum absolute atomic E-state index is 11.2. The zero-order valence-electron chi connectivity index (χ0n) is 7.90. The van der Waals surface area contributed by atoms with Crippen LogP contribution in [0.15, 0.2) is 5.16 Å². The lowest BCUT2D eigenvalue weighted by atomic mass is 10.2. The largest absolute Gasteiger partial charge is 0.409 e. The van der Waals surface area contributed by atoms with E-state index >= 15 is 0 Å². The minimum Gasteiger partial charge on any atom is -0.409 e. The molecule has 6 heteroatoms. The number of nitrogens with two attached hydrogens (primary N) is 1. The molecule has 6 nitrogen and oxygen atoms in total. The molecular formula is C8H15N3O3. The molecule has 0 aromatic carbocycles. The summed E-state index contributed by atoms with van der Waals surface area (Å²) in [5.41, 5.74) is 5.18. The van der Waals surface area contributed by atoms with Crippen LogP contribution in [0.2, 0.25) is 0 Å². The molecule has 0 saturated carbocycles. The first-order valence-electron chi connectivity index (χ1n) is 4.57. The fourth-order valence-electron chi connectivity index (χ4n) is 1.31. The number of nitrogens with one attached hydrogen (secondary N) is 1. The third-order valence-corrected chi connectivity index (χ3v) is 2.03. The predicted molar refractivity (Wildman–Crippen MR) is 50.0 cm³/mol. The lowest BCUT2D eigenvalue weighted by molar-refractivity contribution is -0.122. The quantitative estimate of drug-likeness (QED) is 0.245. The number of rotatable bonds is 4. The van der Waals surface area contributed by atoms with Crippen molar-refractivity contribution in [1.29, 1.82) is 0 Å². The van der Waals surface area contributed by atoms with Crippen LogP contribution in [0.25, 0.3) is 0 Å². The van der Waals surface area contributed by atoms with Crippen LogP contribution in [-0.4, -0.2) is 36.2 Å². The van der Waals surface area contributed by atoms with Gasteiger partial charge in [-0.15, -0.1) is 0 Å². The molecule has 1 saturated heterocycles. The number of ether oxygens (including phenoxy) is 1. The highest BCUT2D eigenvalue weighted by molar-refractivity contribution is 5.86. The van der Waals surface area contributed by atoms with Crippen molar-refractivity contribution in [2.45, 2.75) is 25.4 Å². The van der Waals surface area contributed by atoms with Crippen LogP contribution in [0.3, 0.4) is 0 Å². The first kappa shape index (κ1) is 10.8. The van der Waals surface area contributed by atoms with E-state index in [1.165, 1.54) is 0 Å². The summed E-state index contributed by atoms with van der Waals surface area (Å²) in [7, 11) is 0. The Morgan fingerprint density at radius 2 is 2.50 bits per heavy atom. The topological polar surface area (TPSA) is 96.9 Å². The van der Waals surface area contributed by atoms with E-state index in [9.17, 15) is 4.79 Å². The Labute approximate surface area is 82.1 Å². The van der Waals surface area contributed by atoms with Gasteiger partial charge < -0.3 is 21.0 Å². The molecule has 1 atom stereocenters. The Morgan fingerprint density at radius 3 is 3.07 bits per heavy atom. The second-order valence-corrected chi connectivity index (χ2v) is 3.21. The molecule has 0 aromatic rings. The standard InChI is InChI=1S/C8H15N3O3/c9-7(11-13)5-10-8(12)4-6-2-1-3-14-6/h6,13H,1-5H2,(H2,9,11)(H,10,12). The SMILES string of the molecule is NC(CNC(=O)CC1CCCO1)=NO. The van der Waals surface area contributed by atoms with Gasteiger partial charge in [0.1, 0.15) is 0 Å². The van der Waals surface area contributed by atoms with Crippen molar-refractivity contribution in [3.63, 3.8) is 0 Å². The van der Waals surface area contributed by atoms with Crippen molar-refractivity contribution in [2.24, 2.45) is 10.9 Å². The molecule has 1 fully saturated rings. The van der Waals surface area contributed by atoms with Gasteiger partial charge in [0.15, 0.2) is 5.84 Å². The molecule has 0 spiro atoms. The third kappa shape index (κ3) is 3.61. The van der Waals surface area contributed by atoms with Gasteiger partial charge in [-0.2, -0.15) is 0 Å². The van der Waals surface area contributed by atoms with E-state index in [-0.39, 0.29) is 24.4 Å². The van der Waals surface area contributed by atoms with E-state index < -0.39 is 0 Å². The van der Waals surface area contributed by atoms with Gasteiger partial charge in [0.25, 0.3) is 0 Å². The number of oxime groups is 1. The zero-order valence-corrected chi connectivity index (χ0v) is 7.90. The van der Waals surface area contributed by atoms with Crippen LogP contribution in [0, 0.1) is 0 Å². The first-order valence-corrected chi connectivity index (χ1v) is 4.57. The predicted octanol–water partition coefficient (Wildman–Crippen LogP) is -0.582. The van der Waals surface area contributed by atoms with Crippen molar-refractivity contribution >= 4 is 11.7 Å². The average molecular weight is 201 g/mol. The summed E-state index contributed by atoms with van der Waals surface area (Å²) in [6.45, 7) is 0.806. The summed E-state index contributed by atoms with van der Waals surface area (Å²) in [4.78, 5) is 11.2. The fourth-order valence-corrected chi connectivity index (χ4v) is 1.31. The molecule has 4 N–H and O–H groups in total. The molecule has 0 bridgehead atoms. The van der Waals surface area contributed by atoms with E-state index in [4.69, 9.17) is 15.7 Å². The Morgan fingerprint density at radius 1 is 1.71 bits per heavy atom. The van der Waals surface area contributed by atoms with E-state index in [2.05, 4.69) is 10.5 Å². The Bertz CT molecular complexity index is 224. The number of hydrogen-bond donors (Lipinski definition) is 3. The molecule has 1 rings (SSSR count). The van der Waals surface area contributed by atoms with Crippen molar-refractivity contribution < 1.29 is 14.7 Å². The van der Waals surface area contributed by atoms with Crippen molar-refractivity contribution in [3.8, 4) is 0 Å². The first-order chi connectivity index (χ1) is 6.72. The van der Waals surface area contributed by atoms with Gasteiger partial charge in [0.2, 0.25) is 5.91 Å². The number of carbonyl (C=O) groups is 1. The molecule has 1 aliphatic heterocycles. The molecule has 1 heterocycles. The summed E-state index contributed by atoms with van der Waals surface area (Å²) in [5, 5.41) is 13.5. The van der Waals surface area contributed by atoms with E-state index in [0.717, 1.165) is 19.4 Å². The number of hydrogen-bond acceptors (Lipinski definition) is 4. The normalized spacial score (nSPS) is 22.3. The molecule has 1 amide bonds. The molecular weight excluding hydrogens is 186 g/mol. The second kappa shape index (κ2) is 5.43.